The summed E-state index contributed by atoms with van der Waals surface area (Å²) in [4.78, 5) is 11.1. The smallest absolute Gasteiger partial charge is 0.153 e. The molecule has 0 bridgehead atoms. The van der Waals surface area contributed by atoms with Crippen molar-refractivity contribution in [2.45, 2.75) is 12.7 Å². The molecule has 1 unspecified atom stereocenters. The topological polar surface area (TPSA) is 50.1 Å². The number of nitrogens with zero attached hydrogens (tertiary/aromatic N) is 1. The molecule has 0 N–H and O–H groups in total. The number of hydrogen-bond acceptors (Lipinski definition) is 3. The second kappa shape index (κ2) is 6.48. The molecular weight excluding hydrogens is 238 g/mol. The molecule has 0 saturated heterocycles. The first-order chi connectivity index (χ1) is 9.33. The van der Waals surface area contributed by atoms with E-state index in [0.717, 1.165) is 11.8 Å². The fraction of sp³-hybridized carbons (Fsp3) is 0.125. The summed E-state index contributed by atoms with van der Waals surface area (Å²) in [5.74, 6) is 0. The Kier molecular flexibility index (Phi) is 4.44. The van der Waals surface area contributed by atoms with E-state index in [9.17, 15) is 4.79 Å². The van der Waals surface area contributed by atoms with Crippen LogP contribution in [0.5, 0.6) is 0 Å². The van der Waals surface area contributed by atoms with Crippen molar-refractivity contribution in [2.24, 2.45) is 0 Å². The maximum Gasteiger partial charge on any atom is 0.153 e. The number of rotatable bonds is 5. The number of ether oxygens (including phenoxy) is 1. The number of aldehydes is 1. The number of carbonyl (C=O) groups is 1. The van der Waals surface area contributed by atoms with Gasteiger partial charge in [-0.2, -0.15) is 5.26 Å². The van der Waals surface area contributed by atoms with Gasteiger partial charge >= 0.3 is 0 Å². The Bertz CT molecular complexity index is 587. The predicted octanol–water partition coefficient (Wildman–Crippen LogP) is 3.02. The fourth-order valence-corrected chi connectivity index (χ4v) is 1.76. The number of benzene rings is 2. The van der Waals surface area contributed by atoms with Gasteiger partial charge in [-0.1, -0.05) is 42.5 Å². The first-order valence-electron chi connectivity index (χ1n) is 5.94. The summed E-state index contributed by atoms with van der Waals surface area (Å²) >= 11 is 0. The van der Waals surface area contributed by atoms with E-state index in [1.165, 1.54) is 0 Å². The molecule has 0 radical (unpaired) electrons. The third-order valence-electron chi connectivity index (χ3n) is 2.74. The van der Waals surface area contributed by atoms with Gasteiger partial charge in [-0.25, -0.2) is 0 Å². The average molecular weight is 251 g/mol. The monoisotopic (exact) mass is 251 g/mol. The van der Waals surface area contributed by atoms with Gasteiger partial charge in [-0.15, -0.1) is 0 Å². The maximum absolute atomic E-state index is 11.1. The van der Waals surface area contributed by atoms with Crippen molar-refractivity contribution in [2.75, 3.05) is 0 Å². The van der Waals surface area contributed by atoms with E-state index < -0.39 is 6.10 Å². The van der Waals surface area contributed by atoms with Gasteiger partial charge in [-0.05, 0) is 23.3 Å². The largest absolute Gasteiger partial charge is 0.361 e. The Morgan fingerprint density at radius 1 is 1.16 bits per heavy atom. The highest BCUT2D eigenvalue weighted by Gasteiger charge is 2.11. The highest BCUT2D eigenvalue weighted by atomic mass is 16.5. The SMILES string of the molecule is N#Cc1cccc(C(C=O)OCc2ccccc2)c1. The summed E-state index contributed by atoms with van der Waals surface area (Å²) in [6, 6.07) is 18.6. The van der Waals surface area contributed by atoms with Crippen LogP contribution in [-0.2, 0) is 16.1 Å². The molecule has 3 nitrogen and oxygen atoms in total. The molecule has 0 aliphatic carbocycles. The lowest BCUT2D eigenvalue weighted by molar-refractivity contribution is -0.119. The minimum atomic E-state index is -0.645. The van der Waals surface area contributed by atoms with Crippen LogP contribution in [0, 0.1) is 11.3 Å². The van der Waals surface area contributed by atoms with Crippen LogP contribution in [0.2, 0.25) is 0 Å². The van der Waals surface area contributed by atoms with Crippen LogP contribution >= 0.6 is 0 Å². The van der Waals surface area contributed by atoms with E-state index in [1.54, 1.807) is 24.3 Å². The zero-order valence-electron chi connectivity index (χ0n) is 10.3. The lowest BCUT2D eigenvalue weighted by atomic mass is 10.1. The fourth-order valence-electron chi connectivity index (χ4n) is 1.76. The molecule has 0 amide bonds. The highest BCUT2D eigenvalue weighted by Crippen LogP contribution is 2.18. The van der Waals surface area contributed by atoms with Gasteiger partial charge in [0.05, 0.1) is 18.2 Å². The second-order valence-electron chi connectivity index (χ2n) is 4.09. The van der Waals surface area contributed by atoms with Crippen molar-refractivity contribution in [3.63, 3.8) is 0 Å². The molecule has 3 heteroatoms. The van der Waals surface area contributed by atoms with Crippen molar-refractivity contribution < 1.29 is 9.53 Å². The molecule has 2 aromatic rings. The Morgan fingerprint density at radius 3 is 2.63 bits per heavy atom. The molecule has 0 fully saturated rings. The van der Waals surface area contributed by atoms with Crippen LogP contribution in [0.3, 0.4) is 0 Å². The number of hydrogen-bond donors (Lipinski definition) is 0. The Morgan fingerprint density at radius 2 is 1.95 bits per heavy atom. The van der Waals surface area contributed by atoms with Crippen molar-refractivity contribution in [1.29, 1.82) is 5.26 Å². The summed E-state index contributed by atoms with van der Waals surface area (Å²) in [5.41, 5.74) is 2.23. The van der Waals surface area contributed by atoms with Crippen LogP contribution in [0.4, 0.5) is 0 Å². The Balaban J connectivity index is 2.08. The minimum absolute atomic E-state index is 0.362. The molecule has 0 heterocycles. The van der Waals surface area contributed by atoms with Gasteiger partial charge in [0, 0.05) is 0 Å². The van der Waals surface area contributed by atoms with Crippen molar-refractivity contribution in [1.82, 2.24) is 0 Å². The molecule has 1 atom stereocenters. The third kappa shape index (κ3) is 3.51. The van der Waals surface area contributed by atoms with Crippen molar-refractivity contribution >= 4 is 6.29 Å². The molecule has 2 aromatic carbocycles. The maximum atomic E-state index is 11.1. The molecule has 0 spiro atoms. The summed E-state index contributed by atoms with van der Waals surface area (Å²) in [6.07, 6.45) is 0.105. The normalized spacial score (nSPS) is 11.5. The van der Waals surface area contributed by atoms with Gasteiger partial charge in [0.15, 0.2) is 6.29 Å². The lowest BCUT2D eigenvalue weighted by Crippen LogP contribution is -2.06. The Labute approximate surface area is 112 Å². The number of nitriles is 1. The van der Waals surface area contributed by atoms with E-state index in [0.29, 0.717) is 17.7 Å². The molecule has 0 aliphatic rings. The van der Waals surface area contributed by atoms with Crippen molar-refractivity contribution in [3.8, 4) is 6.07 Å². The first kappa shape index (κ1) is 13.0. The molecule has 0 aromatic heterocycles. The van der Waals surface area contributed by atoms with Crippen LogP contribution in [0.1, 0.15) is 22.8 Å². The molecule has 19 heavy (non-hydrogen) atoms. The summed E-state index contributed by atoms with van der Waals surface area (Å²) in [6.45, 7) is 0.362. The molecule has 2 rings (SSSR count). The predicted molar refractivity (Wildman–Crippen MR) is 71.2 cm³/mol. The van der Waals surface area contributed by atoms with Gasteiger partial charge in [0.1, 0.15) is 6.10 Å². The van der Waals surface area contributed by atoms with Crippen molar-refractivity contribution in [3.05, 3.63) is 71.3 Å². The van der Waals surface area contributed by atoms with Gasteiger partial charge in [0.25, 0.3) is 0 Å². The van der Waals surface area contributed by atoms with E-state index in [2.05, 4.69) is 0 Å². The highest BCUT2D eigenvalue weighted by molar-refractivity contribution is 5.60. The Hall–Kier alpha value is -2.44. The van der Waals surface area contributed by atoms with E-state index in [4.69, 9.17) is 10.00 Å². The zero-order valence-corrected chi connectivity index (χ0v) is 10.3. The van der Waals surface area contributed by atoms with Crippen LogP contribution < -0.4 is 0 Å². The molecule has 0 saturated carbocycles. The van der Waals surface area contributed by atoms with Crippen LogP contribution in [0.15, 0.2) is 54.6 Å². The van der Waals surface area contributed by atoms with E-state index >= 15 is 0 Å². The average Bonchev–Trinajstić information content (AvgIpc) is 2.49. The van der Waals surface area contributed by atoms with E-state index in [-0.39, 0.29) is 0 Å². The zero-order chi connectivity index (χ0) is 13.5. The summed E-state index contributed by atoms with van der Waals surface area (Å²) in [5, 5.41) is 8.85. The lowest BCUT2D eigenvalue weighted by Gasteiger charge is -2.12. The van der Waals surface area contributed by atoms with Crippen LogP contribution in [-0.4, -0.2) is 6.29 Å². The van der Waals surface area contributed by atoms with Gasteiger partial charge in [0.2, 0.25) is 0 Å². The second-order valence-corrected chi connectivity index (χ2v) is 4.09. The van der Waals surface area contributed by atoms with Gasteiger partial charge in [-0.3, -0.25) is 0 Å². The molecular formula is C16H13NO2. The standard InChI is InChI=1S/C16H13NO2/c17-10-14-7-4-8-15(9-14)16(11-18)19-12-13-5-2-1-3-6-13/h1-9,11,16H,12H2. The van der Waals surface area contributed by atoms with Gasteiger partial charge < -0.3 is 9.53 Å². The summed E-state index contributed by atoms with van der Waals surface area (Å²) < 4.78 is 5.59. The van der Waals surface area contributed by atoms with E-state index in [1.807, 2.05) is 36.4 Å². The number of carbonyl (C=O) groups excluding carboxylic acids is 1. The molecule has 94 valence electrons. The quantitative estimate of drug-likeness (QED) is 0.767. The first-order valence-corrected chi connectivity index (χ1v) is 5.94. The van der Waals surface area contributed by atoms with Crippen LogP contribution in [0.25, 0.3) is 0 Å². The third-order valence-corrected chi connectivity index (χ3v) is 2.74. The summed E-state index contributed by atoms with van der Waals surface area (Å²) in [7, 11) is 0. The molecule has 0 aliphatic heterocycles. The minimum Gasteiger partial charge on any atom is -0.361 e.